The molecule has 0 bridgehead atoms. The van der Waals surface area contributed by atoms with E-state index in [9.17, 15) is 14.2 Å². The Kier molecular flexibility index (Phi) is 1.71. The third-order valence-electron chi connectivity index (χ3n) is 1.09. The Morgan fingerprint density at radius 1 is 1.45 bits per heavy atom. The molecule has 0 spiro atoms. The third-order valence-corrected chi connectivity index (χ3v) is 2.04. The average Bonchev–Trinajstić information content (AvgIpc) is 2.08. The van der Waals surface area contributed by atoms with E-state index in [1.54, 1.807) is 5.32 Å². The molecule has 1 heterocycles. The molecule has 1 saturated heterocycles. The summed E-state index contributed by atoms with van der Waals surface area (Å²) in [6.45, 7) is -0.580. The van der Waals surface area contributed by atoms with Gasteiger partial charge in [0.1, 0.15) is 6.54 Å². The minimum absolute atomic E-state index is 0.176. The van der Waals surface area contributed by atoms with Crippen molar-refractivity contribution in [2.75, 3.05) is 6.54 Å². The molecule has 11 heavy (non-hydrogen) atoms. The smallest absolute Gasteiger partial charge is 0.308 e. The predicted molar refractivity (Wildman–Crippen MR) is 32.3 cm³/mol. The highest BCUT2D eigenvalue weighted by Gasteiger charge is 2.38. The molecular formula is C3H5N2O5P. The molecule has 1 rings (SSSR count). The van der Waals surface area contributed by atoms with Crippen molar-refractivity contribution in [3.8, 4) is 0 Å². The van der Waals surface area contributed by atoms with Crippen molar-refractivity contribution in [2.24, 2.45) is 0 Å². The van der Waals surface area contributed by atoms with Crippen LogP contribution in [0.1, 0.15) is 0 Å². The molecule has 1 fully saturated rings. The standard InChI is InChI=1S/C3H5N2O5P/c6-2-1-5(3(7)4-2)11(8,9)10/h1H2,(H,4,6,7)(H2,8,9,10). The van der Waals surface area contributed by atoms with Crippen molar-refractivity contribution in [3.05, 3.63) is 0 Å². The molecule has 7 nitrogen and oxygen atoms in total. The van der Waals surface area contributed by atoms with Crippen molar-refractivity contribution in [3.63, 3.8) is 0 Å². The number of imide groups is 1. The van der Waals surface area contributed by atoms with Crippen LogP contribution in [0.4, 0.5) is 4.79 Å². The number of hydrogen-bond acceptors (Lipinski definition) is 3. The SMILES string of the molecule is O=C1CN(P(=O)(O)O)C(=O)N1. The third kappa shape index (κ3) is 1.56. The van der Waals surface area contributed by atoms with Gasteiger partial charge in [0, 0.05) is 0 Å². The Hall–Kier alpha value is -0.910. The lowest BCUT2D eigenvalue weighted by atomic mass is 10.7. The maximum atomic E-state index is 10.5. The number of nitrogens with zero attached hydrogens (tertiary/aromatic N) is 1. The van der Waals surface area contributed by atoms with Crippen LogP contribution in [0.15, 0.2) is 0 Å². The minimum atomic E-state index is -4.61. The Labute approximate surface area is 61.2 Å². The van der Waals surface area contributed by atoms with Gasteiger partial charge < -0.3 is 9.79 Å². The van der Waals surface area contributed by atoms with Crippen LogP contribution in [-0.4, -0.2) is 32.9 Å². The van der Waals surface area contributed by atoms with Gasteiger partial charge in [0.25, 0.3) is 0 Å². The van der Waals surface area contributed by atoms with Crippen molar-refractivity contribution in [2.45, 2.75) is 0 Å². The van der Waals surface area contributed by atoms with Crippen LogP contribution < -0.4 is 5.32 Å². The van der Waals surface area contributed by atoms with E-state index in [0.717, 1.165) is 0 Å². The molecule has 0 unspecified atom stereocenters. The number of urea groups is 1. The fraction of sp³-hybridized carbons (Fsp3) is 0.333. The van der Waals surface area contributed by atoms with Crippen LogP contribution in [0, 0.1) is 0 Å². The second-order valence-electron chi connectivity index (χ2n) is 1.92. The van der Waals surface area contributed by atoms with Gasteiger partial charge in [0.05, 0.1) is 0 Å². The van der Waals surface area contributed by atoms with E-state index in [1.165, 1.54) is 0 Å². The fourth-order valence-electron chi connectivity index (χ4n) is 0.642. The van der Waals surface area contributed by atoms with Crippen LogP contribution in [0.5, 0.6) is 0 Å². The summed E-state index contributed by atoms with van der Waals surface area (Å²) >= 11 is 0. The summed E-state index contributed by atoms with van der Waals surface area (Å²) in [6.07, 6.45) is 0. The first kappa shape index (κ1) is 8.19. The van der Waals surface area contributed by atoms with E-state index in [4.69, 9.17) is 9.79 Å². The van der Waals surface area contributed by atoms with Gasteiger partial charge in [0.15, 0.2) is 0 Å². The lowest BCUT2D eigenvalue weighted by Gasteiger charge is -2.12. The van der Waals surface area contributed by atoms with Crippen LogP contribution in [0.25, 0.3) is 0 Å². The van der Waals surface area contributed by atoms with E-state index < -0.39 is 26.2 Å². The minimum Gasteiger partial charge on any atom is -0.308 e. The number of rotatable bonds is 1. The van der Waals surface area contributed by atoms with Gasteiger partial charge in [-0.15, -0.1) is 0 Å². The van der Waals surface area contributed by atoms with Crippen LogP contribution in [0.2, 0.25) is 0 Å². The lowest BCUT2D eigenvalue weighted by molar-refractivity contribution is -0.118. The average molecular weight is 180 g/mol. The first-order chi connectivity index (χ1) is 4.91. The lowest BCUT2D eigenvalue weighted by Crippen LogP contribution is -2.25. The summed E-state index contributed by atoms with van der Waals surface area (Å²) in [4.78, 5) is 37.8. The zero-order valence-corrected chi connectivity index (χ0v) is 6.12. The summed E-state index contributed by atoms with van der Waals surface area (Å²) in [5, 5.41) is 1.73. The summed E-state index contributed by atoms with van der Waals surface area (Å²) in [5.74, 6) is -0.710. The van der Waals surface area contributed by atoms with Crippen LogP contribution in [-0.2, 0) is 9.36 Å². The Morgan fingerprint density at radius 2 is 2.00 bits per heavy atom. The highest BCUT2D eigenvalue weighted by molar-refractivity contribution is 7.50. The van der Waals surface area contributed by atoms with Gasteiger partial charge in [-0.25, -0.2) is 14.0 Å². The number of amides is 3. The summed E-state index contributed by atoms with van der Waals surface area (Å²) < 4.78 is 10.6. The number of carbonyl (C=O) groups is 2. The monoisotopic (exact) mass is 180 g/mol. The second-order valence-corrected chi connectivity index (χ2v) is 3.43. The Balaban J connectivity index is 2.84. The second kappa shape index (κ2) is 2.30. The van der Waals surface area contributed by atoms with E-state index in [1.807, 2.05) is 0 Å². The van der Waals surface area contributed by atoms with Gasteiger partial charge in [-0.1, -0.05) is 0 Å². The molecule has 3 amide bonds. The van der Waals surface area contributed by atoms with Crippen molar-refractivity contribution in [1.82, 2.24) is 9.99 Å². The first-order valence-electron chi connectivity index (χ1n) is 2.58. The molecule has 0 aromatic carbocycles. The maximum Gasteiger partial charge on any atom is 0.434 e. The fourth-order valence-corrected chi connectivity index (χ4v) is 1.24. The summed E-state index contributed by atoms with van der Waals surface area (Å²) in [5.41, 5.74) is 0. The van der Waals surface area contributed by atoms with Gasteiger partial charge >= 0.3 is 13.8 Å². The van der Waals surface area contributed by atoms with Crippen molar-refractivity contribution in [1.29, 1.82) is 0 Å². The molecule has 0 saturated carbocycles. The largest absolute Gasteiger partial charge is 0.434 e. The molecule has 0 radical (unpaired) electrons. The molecule has 1 aliphatic rings. The molecule has 0 aliphatic carbocycles. The molecule has 62 valence electrons. The number of nitrogens with one attached hydrogen (secondary N) is 1. The highest BCUT2D eigenvalue weighted by atomic mass is 31.2. The van der Waals surface area contributed by atoms with Gasteiger partial charge in [-0.05, 0) is 0 Å². The molecule has 1 aliphatic heterocycles. The Morgan fingerprint density at radius 3 is 2.18 bits per heavy atom. The van der Waals surface area contributed by atoms with E-state index in [0.29, 0.717) is 0 Å². The van der Waals surface area contributed by atoms with Crippen LogP contribution >= 0.6 is 7.75 Å². The zero-order valence-electron chi connectivity index (χ0n) is 5.22. The van der Waals surface area contributed by atoms with Gasteiger partial charge in [0.2, 0.25) is 5.91 Å². The number of hydrogen-bond donors (Lipinski definition) is 3. The predicted octanol–water partition coefficient (Wildman–Crippen LogP) is -1.37. The normalized spacial score (nSPS) is 18.9. The molecule has 0 aromatic rings. The highest BCUT2D eigenvalue weighted by Crippen LogP contribution is 2.40. The molecule has 0 atom stereocenters. The van der Waals surface area contributed by atoms with E-state index >= 15 is 0 Å². The Bertz CT molecular complexity index is 256. The quantitative estimate of drug-likeness (QED) is 0.341. The molecule has 8 heteroatoms. The van der Waals surface area contributed by atoms with Gasteiger partial charge in [-0.2, -0.15) is 0 Å². The molecule has 0 aromatic heterocycles. The molecular weight excluding hydrogens is 175 g/mol. The molecule has 3 N–H and O–H groups in total. The van der Waals surface area contributed by atoms with Gasteiger partial charge in [-0.3, -0.25) is 10.1 Å². The first-order valence-corrected chi connectivity index (χ1v) is 4.15. The van der Waals surface area contributed by atoms with E-state index in [2.05, 4.69) is 0 Å². The van der Waals surface area contributed by atoms with Crippen molar-refractivity contribution < 1.29 is 23.9 Å². The summed E-state index contributed by atoms with van der Waals surface area (Å²) in [7, 11) is -4.61. The summed E-state index contributed by atoms with van der Waals surface area (Å²) in [6, 6.07) is -1.05. The van der Waals surface area contributed by atoms with Crippen molar-refractivity contribution >= 4 is 19.7 Å². The topological polar surface area (TPSA) is 107 Å². The van der Waals surface area contributed by atoms with E-state index in [-0.39, 0.29) is 4.67 Å². The maximum absolute atomic E-state index is 10.5. The van der Waals surface area contributed by atoms with Crippen LogP contribution in [0.3, 0.4) is 0 Å². The number of carbonyl (C=O) groups excluding carboxylic acids is 2. The zero-order chi connectivity index (χ0) is 8.65.